The van der Waals surface area contributed by atoms with Gasteiger partial charge in [-0.1, -0.05) is 0 Å². The van der Waals surface area contributed by atoms with Gasteiger partial charge in [0, 0.05) is 23.7 Å². The minimum atomic E-state index is -0.351. The van der Waals surface area contributed by atoms with Crippen LogP contribution in [-0.2, 0) is 11.3 Å². The molecule has 1 heterocycles. The lowest BCUT2D eigenvalue weighted by atomic mass is 10.1. The van der Waals surface area contributed by atoms with E-state index in [4.69, 9.17) is 4.74 Å². The van der Waals surface area contributed by atoms with Gasteiger partial charge in [0.2, 0.25) is 0 Å². The maximum Gasteiger partial charge on any atom is 0.340 e. The van der Waals surface area contributed by atoms with Crippen LogP contribution in [0.5, 0.6) is 5.75 Å². The van der Waals surface area contributed by atoms with E-state index in [0.717, 1.165) is 16.6 Å². The minimum absolute atomic E-state index is 0.111. The van der Waals surface area contributed by atoms with Gasteiger partial charge in [0.25, 0.3) is 0 Å². The van der Waals surface area contributed by atoms with Gasteiger partial charge >= 0.3 is 5.97 Å². The molecule has 0 atom stereocenters. The lowest BCUT2D eigenvalue weighted by molar-refractivity contribution is 0.0526. The zero-order chi connectivity index (χ0) is 17.3. The second-order valence-corrected chi connectivity index (χ2v) is 6.92. The lowest BCUT2D eigenvalue weighted by Gasteiger charge is -2.18. The molecule has 2 rings (SSSR count). The molecule has 0 unspecified atom stereocenters. The summed E-state index contributed by atoms with van der Waals surface area (Å²) in [5.74, 6) is -0.240. The van der Waals surface area contributed by atoms with E-state index in [2.05, 4.69) is 34.3 Å². The van der Waals surface area contributed by atoms with Gasteiger partial charge in [-0.25, -0.2) is 4.79 Å². The average Bonchev–Trinajstić information content (AvgIpc) is 2.72. The highest BCUT2D eigenvalue weighted by Gasteiger charge is 2.26. The molecule has 0 amide bonds. The molecule has 0 radical (unpaired) electrons. The number of carbonyl (C=O) groups excluding carboxylic acids is 1. The Hall–Kier alpha value is -1.53. The van der Waals surface area contributed by atoms with Gasteiger partial charge in [0.1, 0.15) is 5.75 Å². The number of nitrogens with zero attached hydrogens (tertiary/aromatic N) is 2. The van der Waals surface area contributed by atoms with Gasteiger partial charge < -0.3 is 19.3 Å². The van der Waals surface area contributed by atoms with Crippen molar-refractivity contribution >= 4 is 32.8 Å². The number of phenolic OH excluding ortho intramolecular Hbond substituents is 1. The maximum absolute atomic E-state index is 12.5. The highest BCUT2D eigenvalue weighted by atomic mass is 79.9. The topological polar surface area (TPSA) is 54.7 Å². The number of esters is 1. The zero-order valence-corrected chi connectivity index (χ0v) is 15.8. The highest BCUT2D eigenvalue weighted by Crippen LogP contribution is 2.37. The van der Waals surface area contributed by atoms with Crippen LogP contribution in [0, 0.1) is 0 Å². The Morgan fingerprint density at radius 1 is 1.39 bits per heavy atom. The molecule has 1 N–H and O–H groups in total. The summed E-state index contributed by atoms with van der Waals surface area (Å²) in [6.07, 6.45) is 0. The van der Waals surface area contributed by atoms with Crippen LogP contribution in [0.15, 0.2) is 16.6 Å². The molecule has 6 heteroatoms. The predicted octanol–water partition coefficient (Wildman–Crippen LogP) is 3.93. The maximum atomic E-state index is 12.5. The number of carbonyl (C=O) groups is 1. The molecule has 0 saturated heterocycles. The predicted molar refractivity (Wildman–Crippen MR) is 95.0 cm³/mol. The normalized spacial score (nSPS) is 11.7. The van der Waals surface area contributed by atoms with Crippen molar-refractivity contribution in [2.75, 3.05) is 20.7 Å². The minimum Gasteiger partial charge on any atom is -0.507 e. The summed E-state index contributed by atoms with van der Waals surface area (Å²) in [6.45, 7) is 6.87. The SMILES string of the molecule is CCOC(=O)c1c(CN(C)C)n(C(C)C)c2cc(Br)c(O)cc12. The second kappa shape index (κ2) is 6.93. The van der Waals surface area contributed by atoms with Crippen molar-refractivity contribution < 1.29 is 14.6 Å². The van der Waals surface area contributed by atoms with Crippen LogP contribution in [0.25, 0.3) is 10.9 Å². The molecule has 1 aromatic carbocycles. The van der Waals surface area contributed by atoms with Crippen molar-refractivity contribution in [2.45, 2.75) is 33.4 Å². The van der Waals surface area contributed by atoms with E-state index in [9.17, 15) is 9.90 Å². The van der Waals surface area contributed by atoms with Gasteiger partial charge in [-0.15, -0.1) is 0 Å². The van der Waals surface area contributed by atoms with Crippen molar-refractivity contribution in [3.63, 3.8) is 0 Å². The number of fused-ring (bicyclic) bond motifs is 1. The van der Waals surface area contributed by atoms with Gasteiger partial charge in [-0.05, 0) is 62.9 Å². The summed E-state index contributed by atoms with van der Waals surface area (Å²) >= 11 is 3.36. The Balaban J connectivity index is 2.87. The molecule has 0 aliphatic carbocycles. The van der Waals surface area contributed by atoms with Crippen molar-refractivity contribution in [1.82, 2.24) is 9.47 Å². The number of aromatic nitrogens is 1. The number of halogens is 1. The van der Waals surface area contributed by atoms with Gasteiger partial charge in [0.05, 0.1) is 22.2 Å². The third-order valence-corrected chi connectivity index (χ3v) is 4.27. The molecule has 0 saturated carbocycles. The quantitative estimate of drug-likeness (QED) is 0.795. The van der Waals surface area contributed by atoms with E-state index in [1.165, 1.54) is 0 Å². The Morgan fingerprint density at radius 2 is 2.04 bits per heavy atom. The van der Waals surface area contributed by atoms with Crippen LogP contribution in [0.2, 0.25) is 0 Å². The number of hydrogen-bond acceptors (Lipinski definition) is 4. The Bertz CT molecular complexity index is 735. The van der Waals surface area contributed by atoms with Crippen LogP contribution >= 0.6 is 15.9 Å². The third-order valence-electron chi connectivity index (χ3n) is 3.64. The van der Waals surface area contributed by atoms with Crippen LogP contribution in [0.4, 0.5) is 0 Å². The Labute approximate surface area is 145 Å². The summed E-state index contributed by atoms with van der Waals surface area (Å²) in [4.78, 5) is 14.6. The van der Waals surface area contributed by atoms with Crippen molar-refractivity contribution in [2.24, 2.45) is 0 Å². The largest absolute Gasteiger partial charge is 0.507 e. The van der Waals surface area contributed by atoms with E-state index < -0.39 is 0 Å². The first-order valence-electron chi connectivity index (χ1n) is 7.65. The average molecular weight is 383 g/mol. The first-order valence-corrected chi connectivity index (χ1v) is 8.44. The molecular weight excluding hydrogens is 360 g/mol. The number of hydrogen-bond donors (Lipinski definition) is 1. The fraction of sp³-hybridized carbons (Fsp3) is 0.471. The van der Waals surface area contributed by atoms with Gasteiger partial charge in [-0.2, -0.15) is 0 Å². The molecule has 0 aliphatic rings. The molecule has 0 bridgehead atoms. The van der Waals surface area contributed by atoms with E-state index in [0.29, 0.717) is 23.2 Å². The zero-order valence-electron chi connectivity index (χ0n) is 14.2. The van der Waals surface area contributed by atoms with E-state index in [-0.39, 0.29) is 17.8 Å². The fourth-order valence-corrected chi connectivity index (χ4v) is 3.18. The molecule has 0 spiro atoms. The first kappa shape index (κ1) is 17.8. The monoisotopic (exact) mass is 382 g/mol. The standard InChI is InChI=1S/C17H23BrN2O3/c1-6-23-17(22)16-11-7-15(21)12(18)8-13(11)20(10(2)3)14(16)9-19(4)5/h7-8,10,21H,6,9H2,1-5H3. The number of aromatic hydroxyl groups is 1. The van der Waals surface area contributed by atoms with E-state index in [1.54, 1.807) is 13.0 Å². The summed E-state index contributed by atoms with van der Waals surface area (Å²) in [7, 11) is 3.93. The molecule has 126 valence electrons. The van der Waals surface area contributed by atoms with Gasteiger partial charge in [-0.3, -0.25) is 0 Å². The second-order valence-electron chi connectivity index (χ2n) is 6.06. The number of phenols is 1. The van der Waals surface area contributed by atoms with E-state index in [1.807, 2.05) is 25.1 Å². The number of rotatable bonds is 5. The van der Waals surface area contributed by atoms with Crippen molar-refractivity contribution in [3.8, 4) is 5.75 Å². The summed E-state index contributed by atoms with van der Waals surface area (Å²) in [5, 5.41) is 10.8. The number of ether oxygens (including phenoxy) is 1. The Morgan fingerprint density at radius 3 is 2.57 bits per heavy atom. The molecule has 0 aliphatic heterocycles. The van der Waals surface area contributed by atoms with Crippen LogP contribution in [0.3, 0.4) is 0 Å². The van der Waals surface area contributed by atoms with Crippen LogP contribution in [-0.4, -0.2) is 41.2 Å². The molecular formula is C17H23BrN2O3. The van der Waals surface area contributed by atoms with Crippen molar-refractivity contribution in [3.05, 3.63) is 27.9 Å². The highest BCUT2D eigenvalue weighted by molar-refractivity contribution is 9.10. The Kier molecular flexibility index (Phi) is 5.37. The van der Waals surface area contributed by atoms with Crippen molar-refractivity contribution in [1.29, 1.82) is 0 Å². The lowest BCUT2D eigenvalue weighted by Crippen LogP contribution is -2.19. The first-order chi connectivity index (χ1) is 10.8. The fourth-order valence-electron chi connectivity index (χ4n) is 2.85. The summed E-state index contributed by atoms with van der Waals surface area (Å²) < 4.78 is 8.00. The molecule has 2 aromatic rings. The van der Waals surface area contributed by atoms with Crippen LogP contribution in [0.1, 0.15) is 42.9 Å². The summed E-state index contributed by atoms with van der Waals surface area (Å²) in [5.41, 5.74) is 2.34. The molecule has 0 fully saturated rings. The number of benzene rings is 1. The smallest absolute Gasteiger partial charge is 0.340 e. The van der Waals surface area contributed by atoms with Crippen LogP contribution < -0.4 is 0 Å². The summed E-state index contributed by atoms with van der Waals surface area (Å²) in [6, 6.07) is 3.66. The molecule has 23 heavy (non-hydrogen) atoms. The molecule has 5 nitrogen and oxygen atoms in total. The van der Waals surface area contributed by atoms with E-state index >= 15 is 0 Å². The van der Waals surface area contributed by atoms with Gasteiger partial charge in [0.15, 0.2) is 0 Å². The third kappa shape index (κ3) is 3.38. The molecule has 1 aromatic heterocycles.